The van der Waals surface area contributed by atoms with Crippen molar-refractivity contribution >= 4 is 15.9 Å². The van der Waals surface area contributed by atoms with Crippen LogP contribution in [0.4, 0.5) is 0 Å². The molecule has 0 saturated carbocycles. The summed E-state index contributed by atoms with van der Waals surface area (Å²) in [6.07, 6.45) is 1.29. The van der Waals surface area contributed by atoms with Crippen molar-refractivity contribution in [2.75, 3.05) is 0 Å². The number of benzene rings is 1. The van der Waals surface area contributed by atoms with Gasteiger partial charge in [-0.1, -0.05) is 41.1 Å². The largest absolute Gasteiger partial charge is 0.388 e. The first kappa shape index (κ1) is 10.5. The van der Waals surface area contributed by atoms with Gasteiger partial charge in [0.05, 0.1) is 6.10 Å². The topological polar surface area (TPSA) is 20.2 Å². The van der Waals surface area contributed by atoms with E-state index < -0.39 is 6.10 Å². The fourth-order valence-corrected chi connectivity index (χ4v) is 1.54. The molecule has 0 fully saturated rings. The van der Waals surface area contributed by atoms with Gasteiger partial charge in [0.1, 0.15) is 0 Å². The van der Waals surface area contributed by atoms with E-state index in [4.69, 9.17) is 0 Å². The highest BCUT2D eigenvalue weighted by Crippen LogP contribution is 2.24. The molecule has 0 amide bonds. The van der Waals surface area contributed by atoms with E-state index in [0.717, 1.165) is 10.0 Å². The molecule has 1 aromatic carbocycles. The molecule has 0 aromatic heterocycles. The summed E-state index contributed by atoms with van der Waals surface area (Å²) in [7, 11) is 0. The fourth-order valence-electron chi connectivity index (χ4n) is 1.12. The monoisotopic (exact) mass is 240 g/mol. The van der Waals surface area contributed by atoms with Crippen molar-refractivity contribution in [3.63, 3.8) is 0 Å². The maximum Gasteiger partial charge on any atom is 0.0850 e. The van der Waals surface area contributed by atoms with E-state index >= 15 is 0 Å². The third-order valence-corrected chi connectivity index (χ3v) is 2.55. The highest BCUT2D eigenvalue weighted by atomic mass is 79.9. The Morgan fingerprint density at radius 3 is 2.77 bits per heavy atom. The zero-order valence-electron chi connectivity index (χ0n) is 7.57. The lowest BCUT2D eigenvalue weighted by molar-refractivity contribution is 0.140. The maximum absolute atomic E-state index is 9.82. The minimum atomic E-state index is -0.463. The molecule has 0 aliphatic carbocycles. The number of hydrogen-bond donors (Lipinski definition) is 1. The first-order valence-corrected chi connectivity index (χ1v) is 5.00. The van der Waals surface area contributed by atoms with Crippen molar-refractivity contribution in [2.24, 2.45) is 5.92 Å². The van der Waals surface area contributed by atoms with E-state index in [-0.39, 0.29) is 5.92 Å². The van der Waals surface area contributed by atoms with Gasteiger partial charge in [-0.3, -0.25) is 0 Å². The molecule has 1 N–H and O–H groups in total. The van der Waals surface area contributed by atoms with Gasteiger partial charge in [0.15, 0.2) is 0 Å². The molecule has 2 atom stereocenters. The van der Waals surface area contributed by atoms with Crippen LogP contribution in [0, 0.1) is 5.92 Å². The van der Waals surface area contributed by atoms with Gasteiger partial charge in [0.2, 0.25) is 0 Å². The van der Waals surface area contributed by atoms with Gasteiger partial charge in [-0.15, -0.1) is 6.58 Å². The third-order valence-electron chi connectivity index (χ3n) is 2.06. The normalized spacial score (nSPS) is 15.0. The second kappa shape index (κ2) is 4.58. The summed E-state index contributed by atoms with van der Waals surface area (Å²) >= 11 is 3.36. The Hall–Kier alpha value is -0.600. The van der Waals surface area contributed by atoms with Crippen molar-refractivity contribution in [1.82, 2.24) is 0 Å². The molecule has 0 bridgehead atoms. The first-order chi connectivity index (χ1) is 6.15. The van der Waals surface area contributed by atoms with Crippen LogP contribution in [0.1, 0.15) is 18.6 Å². The Labute approximate surface area is 87.2 Å². The minimum absolute atomic E-state index is 0.0781. The number of hydrogen-bond acceptors (Lipinski definition) is 1. The fraction of sp³-hybridized carbons (Fsp3) is 0.273. The first-order valence-electron chi connectivity index (χ1n) is 4.21. The van der Waals surface area contributed by atoms with E-state index in [9.17, 15) is 5.11 Å². The van der Waals surface area contributed by atoms with Crippen LogP contribution in [-0.2, 0) is 0 Å². The molecule has 0 spiro atoms. The average Bonchev–Trinajstić information content (AvgIpc) is 2.15. The molecule has 0 radical (unpaired) electrons. The molecule has 0 aliphatic rings. The summed E-state index contributed by atoms with van der Waals surface area (Å²) in [5, 5.41) is 9.82. The molecule has 1 rings (SSSR count). The van der Waals surface area contributed by atoms with Crippen molar-refractivity contribution in [1.29, 1.82) is 0 Å². The molecule has 70 valence electrons. The molecule has 2 heteroatoms. The zero-order chi connectivity index (χ0) is 9.84. The van der Waals surface area contributed by atoms with E-state index in [1.165, 1.54) is 0 Å². The van der Waals surface area contributed by atoms with Crippen LogP contribution >= 0.6 is 15.9 Å². The number of rotatable bonds is 3. The molecule has 13 heavy (non-hydrogen) atoms. The Balaban J connectivity index is 2.88. The van der Waals surface area contributed by atoms with Crippen LogP contribution in [0.2, 0.25) is 0 Å². The maximum atomic E-state index is 9.82. The second-order valence-electron chi connectivity index (χ2n) is 3.09. The van der Waals surface area contributed by atoms with Crippen molar-refractivity contribution in [2.45, 2.75) is 13.0 Å². The van der Waals surface area contributed by atoms with Gasteiger partial charge < -0.3 is 5.11 Å². The van der Waals surface area contributed by atoms with Crippen molar-refractivity contribution in [3.05, 3.63) is 47.0 Å². The van der Waals surface area contributed by atoms with Crippen molar-refractivity contribution < 1.29 is 5.11 Å². The van der Waals surface area contributed by atoms with Crippen LogP contribution in [0.25, 0.3) is 0 Å². The molecule has 0 aliphatic heterocycles. The average molecular weight is 241 g/mol. The van der Waals surface area contributed by atoms with Crippen LogP contribution in [0.5, 0.6) is 0 Å². The Bertz CT molecular complexity index is 296. The lowest BCUT2D eigenvalue weighted by atomic mass is 9.98. The summed E-state index contributed by atoms with van der Waals surface area (Å²) in [6.45, 7) is 5.60. The molecule has 0 heterocycles. The third kappa shape index (κ3) is 2.68. The SMILES string of the molecule is C=C[C@H](C)[C@@H](O)c1cccc(Br)c1. The predicted molar refractivity (Wildman–Crippen MR) is 58.5 cm³/mol. The van der Waals surface area contributed by atoms with Crippen molar-refractivity contribution in [3.8, 4) is 0 Å². The molecule has 0 unspecified atom stereocenters. The zero-order valence-corrected chi connectivity index (χ0v) is 9.16. The predicted octanol–water partition coefficient (Wildman–Crippen LogP) is 3.30. The molecular weight excluding hydrogens is 228 g/mol. The summed E-state index contributed by atoms with van der Waals surface area (Å²) in [5.41, 5.74) is 0.918. The van der Waals surface area contributed by atoms with Gasteiger partial charge >= 0.3 is 0 Å². The second-order valence-corrected chi connectivity index (χ2v) is 4.01. The summed E-state index contributed by atoms with van der Waals surface area (Å²) < 4.78 is 0.986. The Morgan fingerprint density at radius 1 is 1.54 bits per heavy atom. The lowest BCUT2D eigenvalue weighted by Crippen LogP contribution is -2.05. The lowest BCUT2D eigenvalue weighted by Gasteiger charge is -2.15. The Kier molecular flexibility index (Phi) is 3.70. The number of aliphatic hydroxyl groups excluding tert-OH is 1. The summed E-state index contributed by atoms with van der Waals surface area (Å²) in [5.74, 6) is 0.0781. The van der Waals surface area contributed by atoms with Crippen LogP contribution < -0.4 is 0 Å². The number of halogens is 1. The van der Waals surface area contributed by atoms with E-state index in [1.807, 2.05) is 31.2 Å². The minimum Gasteiger partial charge on any atom is -0.388 e. The molecule has 1 nitrogen and oxygen atoms in total. The smallest absolute Gasteiger partial charge is 0.0850 e. The highest BCUT2D eigenvalue weighted by Gasteiger charge is 2.12. The van der Waals surface area contributed by atoms with Gasteiger partial charge in [0, 0.05) is 10.4 Å². The summed E-state index contributed by atoms with van der Waals surface area (Å²) in [6, 6.07) is 7.69. The van der Waals surface area contributed by atoms with Gasteiger partial charge in [0.25, 0.3) is 0 Å². The standard InChI is InChI=1S/C11H13BrO/c1-3-8(2)11(13)9-5-4-6-10(12)7-9/h3-8,11,13H,1H2,2H3/t8-,11+/m0/s1. The number of aliphatic hydroxyl groups is 1. The molecular formula is C11H13BrO. The van der Waals surface area contributed by atoms with Crippen LogP contribution in [0.3, 0.4) is 0 Å². The van der Waals surface area contributed by atoms with Gasteiger partial charge in [-0.25, -0.2) is 0 Å². The quantitative estimate of drug-likeness (QED) is 0.805. The molecule has 1 aromatic rings. The van der Waals surface area contributed by atoms with Gasteiger partial charge in [-0.2, -0.15) is 0 Å². The highest BCUT2D eigenvalue weighted by molar-refractivity contribution is 9.10. The van der Waals surface area contributed by atoms with Crippen LogP contribution in [-0.4, -0.2) is 5.11 Å². The van der Waals surface area contributed by atoms with Gasteiger partial charge in [-0.05, 0) is 17.7 Å². The summed E-state index contributed by atoms with van der Waals surface area (Å²) in [4.78, 5) is 0. The van der Waals surface area contributed by atoms with E-state index in [0.29, 0.717) is 0 Å². The van der Waals surface area contributed by atoms with E-state index in [1.54, 1.807) is 6.08 Å². The van der Waals surface area contributed by atoms with E-state index in [2.05, 4.69) is 22.5 Å². The Morgan fingerprint density at radius 2 is 2.23 bits per heavy atom. The molecule has 0 saturated heterocycles. The van der Waals surface area contributed by atoms with Crippen LogP contribution in [0.15, 0.2) is 41.4 Å².